The van der Waals surface area contributed by atoms with Crippen LogP contribution in [0.15, 0.2) is 0 Å². The number of likely N-dealkylation sites (tertiary alicyclic amines) is 1. The van der Waals surface area contributed by atoms with E-state index in [1.54, 1.807) is 0 Å². The number of rotatable bonds is 3. The summed E-state index contributed by atoms with van der Waals surface area (Å²) in [5.74, 6) is 0.930. The highest BCUT2D eigenvalue weighted by atomic mass is 15.2. The fourth-order valence-electron chi connectivity index (χ4n) is 3.21. The van der Waals surface area contributed by atoms with Gasteiger partial charge in [-0.05, 0) is 45.1 Å². The SMILES string of the molecule is CC(N)(C#N)CCN1CCC2CCCCC21. The van der Waals surface area contributed by atoms with Crippen molar-refractivity contribution >= 4 is 0 Å². The van der Waals surface area contributed by atoms with Crippen molar-refractivity contribution < 1.29 is 0 Å². The van der Waals surface area contributed by atoms with E-state index in [1.807, 2.05) is 6.92 Å². The Hall–Kier alpha value is -0.590. The van der Waals surface area contributed by atoms with Crippen LogP contribution in [0.1, 0.15) is 45.4 Å². The van der Waals surface area contributed by atoms with Crippen molar-refractivity contribution in [3.63, 3.8) is 0 Å². The van der Waals surface area contributed by atoms with Crippen molar-refractivity contribution in [3.05, 3.63) is 0 Å². The lowest BCUT2D eigenvalue weighted by Crippen LogP contribution is -2.41. The van der Waals surface area contributed by atoms with Crippen molar-refractivity contribution in [1.29, 1.82) is 5.26 Å². The molecule has 0 bridgehead atoms. The molecule has 0 aromatic rings. The Kier molecular flexibility index (Phi) is 3.51. The number of nitriles is 1. The molecule has 16 heavy (non-hydrogen) atoms. The predicted octanol–water partition coefficient (Wildman–Crippen LogP) is 1.88. The van der Waals surface area contributed by atoms with Gasteiger partial charge < -0.3 is 5.73 Å². The standard InChI is InChI=1S/C13H23N3/c1-13(15,10-14)7-9-16-8-6-11-4-2-3-5-12(11)16/h11-12H,2-9,15H2,1H3. The molecule has 2 N–H and O–H groups in total. The number of fused-ring (bicyclic) bond motifs is 1. The second-order valence-corrected chi connectivity index (χ2v) is 5.72. The lowest BCUT2D eigenvalue weighted by molar-refractivity contribution is 0.175. The normalized spacial score (nSPS) is 34.1. The van der Waals surface area contributed by atoms with E-state index in [9.17, 15) is 0 Å². The molecule has 3 unspecified atom stereocenters. The molecule has 0 aromatic carbocycles. The first-order chi connectivity index (χ1) is 7.62. The number of hydrogen-bond donors (Lipinski definition) is 1. The highest BCUT2D eigenvalue weighted by molar-refractivity contribution is 5.02. The smallest absolute Gasteiger partial charge is 0.102 e. The fraction of sp³-hybridized carbons (Fsp3) is 0.923. The molecule has 2 rings (SSSR count). The molecule has 0 spiro atoms. The van der Waals surface area contributed by atoms with Gasteiger partial charge in [0.25, 0.3) is 0 Å². The van der Waals surface area contributed by atoms with Crippen LogP contribution in [0.3, 0.4) is 0 Å². The summed E-state index contributed by atoms with van der Waals surface area (Å²) in [6.07, 6.45) is 7.74. The zero-order valence-corrected chi connectivity index (χ0v) is 10.3. The molecular weight excluding hydrogens is 198 g/mol. The lowest BCUT2D eigenvalue weighted by Gasteiger charge is -2.32. The first-order valence-corrected chi connectivity index (χ1v) is 6.56. The van der Waals surface area contributed by atoms with Gasteiger partial charge in [0.1, 0.15) is 5.54 Å². The summed E-state index contributed by atoms with van der Waals surface area (Å²) < 4.78 is 0. The highest BCUT2D eigenvalue weighted by Crippen LogP contribution is 2.36. The van der Waals surface area contributed by atoms with E-state index in [1.165, 1.54) is 38.6 Å². The summed E-state index contributed by atoms with van der Waals surface area (Å²) in [5, 5.41) is 8.91. The predicted molar refractivity (Wildman–Crippen MR) is 64.8 cm³/mol. The third-order valence-corrected chi connectivity index (χ3v) is 4.30. The van der Waals surface area contributed by atoms with Gasteiger partial charge in [-0.15, -0.1) is 0 Å². The maximum Gasteiger partial charge on any atom is 0.102 e. The van der Waals surface area contributed by atoms with Crippen LogP contribution in [0.4, 0.5) is 0 Å². The molecule has 2 aliphatic rings. The van der Waals surface area contributed by atoms with Crippen LogP contribution in [0, 0.1) is 17.2 Å². The number of nitrogens with zero attached hydrogens (tertiary/aromatic N) is 2. The van der Waals surface area contributed by atoms with E-state index < -0.39 is 5.54 Å². The summed E-state index contributed by atoms with van der Waals surface area (Å²) in [6.45, 7) is 4.06. The van der Waals surface area contributed by atoms with Gasteiger partial charge in [0.2, 0.25) is 0 Å². The molecule has 1 saturated heterocycles. The van der Waals surface area contributed by atoms with E-state index in [0.29, 0.717) is 0 Å². The highest BCUT2D eigenvalue weighted by Gasteiger charge is 2.35. The minimum absolute atomic E-state index is 0.646. The maximum atomic E-state index is 8.91. The van der Waals surface area contributed by atoms with E-state index in [-0.39, 0.29) is 0 Å². The zero-order valence-electron chi connectivity index (χ0n) is 10.3. The number of hydrogen-bond acceptors (Lipinski definition) is 3. The molecule has 3 atom stereocenters. The second kappa shape index (κ2) is 4.73. The van der Waals surface area contributed by atoms with Crippen LogP contribution >= 0.6 is 0 Å². The van der Waals surface area contributed by atoms with Gasteiger partial charge in [-0.25, -0.2) is 0 Å². The van der Waals surface area contributed by atoms with Crippen molar-refractivity contribution in [3.8, 4) is 6.07 Å². The molecule has 1 aliphatic heterocycles. The third-order valence-electron chi connectivity index (χ3n) is 4.30. The average Bonchev–Trinajstić information content (AvgIpc) is 2.70. The van der Waals surface area contributed by atoms with Crippen LogP contribution in [0.5, 0.6) is 0 Å². The Morgan fingerprint density at radius 3 is 2.88 bits per heavy atom. The van der Waals surface area contributed by atoms with Crippen molar-refractivity contribution in [2.24, 2.45) is 11.7 Å². The van der Waals surface area contributed by atoms with E-state index in [4.69, 9.17) is 11.0 Å². The Balaban J connectivity index is 1.85. The fourth-order valence-corrected chi connectivity index (χ4v) is 3.21. The quantitative estimate of drug-likeness (QED) is 0.791. The van der Waals surface area contributed by atoms with Gasteiger partial charge in [0.15, 0.2) is 0 Å². The zero-order chi connectivity index (χ0) is 11.6. The monoisotopic (exact) mass is 221 g/mol. The van der Waals surface area contributed by atoms with Crippen LogP contribution < -0.4 is 5.73 Å². The molecule has 90 valence electrons. The van der Waals surface area contributed by atoms with Gasteiger partial charge >= 0.3 is 0 Å². The number of nitrogens with two attached hydrogens (primary N) is 1. The summed E-state index contributed by atoms with van der Waals surface area (Å²) in [7, 11) is 0. The molecule has 0 aromatic heterocycles. The molecular formula is C13H23N3. The van der Waals surface area contributed by atoms with E-state index >= 15 is 0 Å². The van der Waals surface area contributed by atoms with Gasteiger partial charge in [0, 0.05) is 12.6 Å². The topological polar surface area (TPSA) is 53.1 Å². The minimum Gasteiger partial charge on any atom is -0.314 e. The molecule has 1 heterocycles. The Morgan fingerprint density at radius 1 is 1.38 bits per heavy atom. The molecule has 0 amide bonds. The molecule has 1 saturated carbocycles. The van der Waals surface area contributed by atoms with Crippen molar-refractivity contribution in [2.75, 3.05) is 13.1 Å². The first-order valence-electron chi connectivity index (χ1n) is 6.56. The van der Waals surface area contributed by atoms with Crippen LogP contribution in [-0.2, 0) is 0 Å². The van der Waals surface area contributed by atoms with E-state index in [0.717, 1.165) is 24.9 Å². The van der Waals surface area contributed by atoms with Gasteiger partial charge in [-0.1, -0.05) is 12.8 Å². The Labute approximate surface area is 98.6 Å². The van der Waals surface area contributed by atoms with E-state index in [2.05, 4.69) is 11.0 Å². The van der Waals surface area contributed by atoms with Gasteiger partial charge in [-0.3, -0.25) is 4.90 Å². The largest absolute Gasteiger partial charge is 0.314 e. The molecule has 2 fully saturated rings. The molecule has 3 nitrogen and oxygen atoms in total. The minimum atomic E-state index is -0.646. The third kappa shape index (κ3) is 2.56. The van der Waals surface area contributed by atoms with Crippen molar-refractivity contribution in [1.82, 2.24) is 4.90 Å². The Morgan fingerprint density at radius 2 is 2.12 bits per heavy atom. The van der Waals surface area contributed by atoms with Gasteiger partial charge in [0.05, 0.1) is 6.07 Å². The van der Waals surface area contributed by atoms with Crippen molar-refractivity contribution in [2.45, 2.75) is 57.0 Å². The summed E-state index contributed by atoms with van der Waals surface area (Å²) in [6, 6.07) is 2.98. The summed E-state index contributed by atoms with van der Waals surface area (Å²) in [5.41, 5.74) is 5.23. The van der Waals surface area contributed by atoms with Gasteiger partial charge in [-0.2, -0.15) is 5.26 Å². The summed E-state index contributed by atoms with van der Waals surface area (Å²) >= 11 is 0. The Bertz CT molecular complexity index is 279. The van der Waals surface area contributed by atoms with Crippen LogP contribution in [0.25, 0.3) is 0 Å². The van der Waals surface area contributed by atoms with Crippen LogP contribution in [0.2, 0.25) is 0 Å². The maximum absolute atomic E-state index is 8.91. The second-order valence-electron chi connectivity index (χ2n) is 5.72. The van der Waals surface area contributed by atoms with Crippen LogP contribution in [-0.4, -0.2) is 29.6 Å². The molecule has 0 radical (unpaired) electrons. The summed E-state index contributed by atoms with van der Waals surface area (Å²) in [4.78, 5) is 2.58. The molecule has 3 heteroatoms. The lowest BCUT2D eigenvalue weighted by atomic mass is 9.85. The first kappa shape index (κ1) is 11.9. The molecule has 1 aliphatic carbocycles. The average molecular weight is 221 g/mol.